The Balaban J connectivity index is 1.75. The minimum atomic E-state index is -0.480. The van der Waals surface area contributed by atoms with Crippen LogP contribution in [0.3, 0.4) is 0 Å². The van der Waals surface area contributed by atoms with E-state index in [1.165, 1.54) is 16.2 Å². The standard InChI is InChI=1S/C24H31N3O3S2/c1-13(2)30-16-8-6-7-14(11-16)21(29)26-23(31)27-22-19(20(25)28)17-10-9-15(24(3,4)5)12-18(17)32-22/h6-8,11,13,15H,9-10,12H2,1-5H3,(H2,25,28)(H2,26,27,29,31)/t15-/m0/s1. The van der Waals surface area contributed by atoms with E-state index in [0.29, 0.717) is 27.8 Å². The van der Waals surface area contributed by atoms with Crippen molar-refractivity contribution in [1.82, 2.24) is 5.32 Å². The fraction of sp³-hybridized carbons (Fsp3) is 0.458. The van der Waals surface area contributed by atoms with E-state index >= 15 is 0 Å². The topological polar surface area (TPSA) is 93.4 Å². The lowest BCUT2D eigenvalue weighted by molar-refractivity contribution is 0.0974. The first-order valence-corrected chi connectivity index (χ1v) is 12.0. The summed E-state index contributed by atoms with van der Waals surface area (Å²) in [4.78, 5) is 26.1. The van der Waals surface area contributed by atoms with E-state index in [-0.39, 0.29) is 22.5 Å². The van der Waals surface area contributed by atoms with Gasteiger partial charge in [0.05, 0.1) is 11.7 Å². The lowest BCUT2D eigenvalue weighted by Crippen LogP contribution is -2.34. The Morgan fingerprint density at radius 1 is 1.28 bits per heavy atom. The summed E-state index contributed by atoms with van der Waals surface area (Å²) in [5, 5.41) is 6.44. The number of benzene rings is 1. The summed E-state index contributed by atoms with van der Waals surface area (Å²) < 4.78 is 5.65. The van der Waals surface area contributed by atoms with Crippen LogP contribution >= 0.6 is 23.6 Å². The maximum absolute atomic E-state index is 12.7. The lowest BCUT2D eigenvalue weighted by atomic mass is 9.72. The van der Waals surface area contributed by atoms with Gasteiger partial charge in [-0.2, -0.15) is 0 Å². The van der Waals surface area contributed by atoms with Gasteiger partial charge in [-0.25, -0.2) is 0 Å². The molecular weight excluding hydrogens is 442 g/mol. The second-order valence-corrected chi connectivity index (χ2v) is 11.0. The van der Waals surface area contributed by atoms with Crippen molar-refractivity contribution >= 4 is 45.5 Å². The van der Waals surface area contributed by atoms with Crippen molar-refractivity contribution in [3.05, 3.63) is 45.8 Å². The van der Waals surface area contributed by atoms with Gasteiger partial charge in [0.15, 0.2) is 5.11 Å². The molecule has 4 N–H and O–H groups in total. The first-order valence-electron chi connectivity index (χ1n) is 10.8. The average molecular weight is 474 g/mol. The van der Waals surface area contributed by atoms with E-state index in [4.69, 9.17) is 22.7 Å². The Morgan fingerprint density at radius 3 is 2.62 bits per heavy atom. The van der Waals surface area contributed by atoms with Gasteiger partial charge < -0.3 is 15.8 Å². The number of rotatable bonds is 5. The van der Waals surface area contributed by atoms with Crippen LogP contribution < -0.4 is 21.1 Å². The number of thiocarbonyl (C=S) groups is 1. The van der Waals surface area contributed by atoms with Crippen LogP contribution in [0.4, 0.5) is 5.00 Å². The van der Waals surface area contributed by atoms with E-state index in [1.54, 1.807) is 24.3 Å². The molecule has 32 heavy (non-hydrogen) atoms. The Morgan fingerprint density at radius 2 is 2.00 bits per heavy atom. The predicted molar refractivity (Wildman–Crippen MR) is 134 cm³/mol. The number of anilines is 1. The number of hydrogen-bond acceptors (Lipinski definition) is 5. The van der Waals surface area contributed by atoms with Crippen molar-refractivity contribution in [2.24, 2.45) is 17.1 Å². The number of nitrogens with one attached hydrogen (secondary N) is 2. The van der Waals surface area contributed by atoms with Gasteiger partial charge in [0.2, 0.25) is 0 Å². The molecule has 1 aliphatic carbocycles. The van der Waals surface area contributed by atoms with Crippen molar-refractivity contribution in [2.45, 2.75) is 60.0 Å². The lowest BCUT2D eigenvalue weighted by Gasteiger charge is -2.33. The number of carbonyl (C=O) groups is 2. The van der Waals surface area contributed by atoms with Crippen LogP contribution in [0.2, 0.25) is 0 Å². The Labute approximate surface area is 198 Å². The molecule has 2 amide bonds. The highest BCUT2D eigenvalue weighted by atomic mass is 32.1. The zero-order chi connectivity index (χ0) is 23.6. The zero-order valence-corrected chi connectivity index (χ0v) is 20.8. The van der Waals surface area contributed by atoms with Crippen LogP contribution in [0.15, 0.2) is 24.3 Å². The molecule has 0 bridgehead atoms. The van der Waals surface area contributed by atoms with E-state index in [9.17, 15) is 9.59 Å². The highest BCUT2D eigenvalue weighted by molar-refractivity contribution is 7.80. The van der Waals surface area contributed by atoms with Crippen LogP contribution in [0, 0.1) is 11.3 Å². The van der Waals surface area contributed by atoms with E-state index in [1.807, 2.05) is 13.8 Å². The highest BCUT2D eigenvalue weighted by Crippen LogP contribution is 2.44. The third kappa shape index (κ3) is 5.66. The maximum Gasteiger partial charge on any atom is 0.257 e. The van der Waals surface area contributed by atoms with Gasteiger partial charge in [-0.1, -0.05) is 26.8 Å². The minimum absolute atomic E-state index is 0.00557. The van der Waals surface area contributed by atoms with Crippen molar-refractivity contribution < 1.29 is 14.3 Å². The first kappa shape index (κ1) is 24.2. The second-order valence-electron chi connectivity index (χ2n) is 9.48. The Bertz CT molecular complexity index is 1040. The largest absolute Gasteiger partial charge is 0.491 e. The van der Waals surface area contributed by atoms with Gasteiger partial charge in [0.1, 0.15) is 10.8 Å². The van der Waals surface area contributed by atoms with Crippen molar-refractivity contribution in [2.75, 3.05) is 5.32 Å². The fourth-order valence-electron chi connectivity index (χ4n) is 3.97. The number of thiophene rings is 1. The van der Waals surface area contributed by atoms with Gasteiger partial charge in [0, 0.05) is 10.4 Å². The third-order valence-corrected chi connectivity index (χ3v) is 7.03. The summed E-state index contributed by atoms with van der Waals surface area (Å²) >= 11 is 6.86. The molecule has 0 aliphatic heterocycles. The summed E-state index contributed by atoms with van der Waals surface area (Å²) in [6, 6.07) is 6.92. The molecule has 0 spiro atoms. The van der Waals surface area contributed by atoms with Gasteiger partial charge in [-0.05, 0) is 80.4 Å². The molecule has 0 saturated carbocycles. The van der Waals surface area contributed by atoms with E-state index in [0.717, 1.165) is 24.8 Å². The summed E-state index contributed by atoms with van der Waals surface area (Å²) in [7, 11) is 0. The Kier molecular flexibility index (Phi) is 7.25. The zero-order valence-electron chi connectivity index (χ0n) is 19.2. The van der Waals surface area contributed by atoms with Crippen LogP contribution in [-0.4, -0.2) is 23.0 Å². The summed E-state index contributed by atoms with van der Waals surface area (Å²) in [6.45, 7) is 10.6. The summed E-state index contributed by atoms with van der Waals surface area (Å²) in [6.07, 6.45) is 2.75. The molecule has 1 aliphatic rings. The minimum Gasteiger partial charge on any atom is -0.491 e. The predicted octanol–water partition coefficient (Wildman–Crippen LogP) is 4.91. The first-order chi connectivity index (χ1) is 15.0. The number of primary amides is 1. The number of amides is 2. The average Bonchev–Trinajstić information content (AvgIpc) is 3.03. The van der Waals surface area contributed by atoms with Crippen LogP contribution in [-0.2, 0) is 12.8 Å². The molecular formula is C24H31N3O3S2. The van der Waals surface area contributed by atoms with Gasteiger partial charge >= 0.3 is 0 Å². The van der Waals surface area contributed by atoms with Gasteiger partial charge in [0.25, 0.3) is 11.8 Å². The molecule has 3 rings (SSSR count). The van der Waals surface area contributed by atoms with E-state index in [2.05, 4.69) is 31.4 Å². The number of carbonyl (C=O) groups excluding carboxylic acids is 2. The highest BCUT2D eigenvalue weighted by Gasteiger charge is 2.33. The van der Waals surface area contributed by atoms with Crippen molar-refractivity contribution in [3.63, 3.8) is 0 Å². The normalized spacial score (nSPS) is 15.8. The quantitative estimate of drug-likeness (QED) is 0.537. The molecule has 0 unspecified atom stereocenters. The molecule has 8 heteroatoms. The maximum atomic E-state index is 12.7. The smallest absolute Gasteiger partial charge is 0.257 e. The summed E-state index contributed by atoms with van der Waals surface area (Å²) in [5.41, 5.74) is 7.84. The van der Waals surface area contributed by atoms with Crippen LogP contribution in [0.5, 0.6) is 5.75 Å². The van der Waals surface area contributed by atoms with E-state index < -0.39 is 5.91 Å². The summed E-state index contributed by atoms with van der Waals surface area (Å²) in [5.74, 6) is 0.314. The van der Waals surface area contributed by atoms with Crippen molar-refractivity contribution in [3.8, 4) is 5.75 Å². The molecule has 2 aromatic rings. The molecule has 172 valence electrons. The molecule has 0 radical (unpaired) electrons. The molecule has 6 nitrogen and oxygen atoms in total. The molecule has 1 atom stereocenters. The molecule has 1 heterocycles. The van der Waals surface area contributed by atoms with Crippen LogP contribution in [0.25, 0.3) is 0 Å². The van der Waals surface area contributed by atoms with Crippen molar-refractivity contribution in [1.29, 1.82) is 0 Å². The number of fused-ring (bicyclic) bond motifs is 1. The molecule has 0 fully saturated rings. The second kappa shape index (κ2) is 9.58. The SMILES string of the molecule is CC(C)Oc1cccc(C(=O)NC(=S)Nc2sc3c(c2C(N)=O)CC[C@H](C(C)(C)C)C3)c1. The molecule has 0 saturated heterocycles. The number of ether oxygens (including phenoxy) is 1. The Hall–Kier alpha value is -2.45. The molecule has 1 aromatic carbocycles. The fourth-order valence-corrected chi connectivity index (χ4v) is 5.56. The van der Waals surface area contributed by atoms with Crippen LogP contribution in [0.1, 0.15) is 72.2 Å². The number of hydrogen-bond donors (Lipinski definition) is 3. The monoisotopic (exact) mass is 473 g/mol. The number of nitrogens with two attached hydrogens (primary N) is 1. The van der Waals surface area contributed by atoms with Gasteiger partial charge in [-0.3, -0.25) is 14.9 Å². The van der Waals surface area contributed by atoms with Gasteiger partial charge in [-0.15, -0.1) is 11.3 Å². The third-order valence-electron chi connectivity index (χ3n) is 5.66. The molecule has 1 aromatic heterocycles.